The molecule has 0 radical (unpaired) electrons. The summed E-state index contributed by atoms with van der Waals surface area (Å²) in [6.45, 7) is -3.28. The molecule has 0 saturated heterocycles. The number of carboxylic acids is 1. The van der Waals surface area contributed by atoms with E-state index in [4.69, 9.17) is 14.1 Å². The molecule has 0 aromatic heterocycles. The van der Waals surface area contributed by atoms with Gasteiger partial charge >= 0.3 is 6.75 Å². The number of carbonyl (C=O) groups is 1. The first-order valence-corrected chi connectivity index (χ1v) is 6.39. The highest BCUT2D eigenvalue weighted by Gasteiger charge is 2.33. The monoisotopic (exact) mass is 280 g/mol. The van der Waals surface area contributed by atoms with Crippen LogP contribution < -0.4 is 19.2 Å². The SMILES string of the molecule is O=C([O-])c1c(OCC2CC2)ccc2c1O[B-](O)(O)CO2. The molecule has 1 heterocycles. The maximum absolute atomic E-state index is 11.3. The number of ether oxygens (including phenoxy) is 2. The van der Waals surface area contributed by atoms with Gasteiger partial charge in [-0.15, -0.1) is 0 Å². The van der Waals surface area contributed by atoms with Gasteiger partial charge in [-0.05, 0) is 30.9 Å². The van der Waals surface area contributed by atoms with Crippen LogP contribution in [0.5, 0.6) is 17.2 Å². The zero-order valence-electron chi connectivity index (χ0n) is 10.6. The van der Waals surface area contributed by atoms with E-state index in [0.717, 1.165) is 12.8 Å². The van der Waals surface area contributed by atoms with Gasteiger partial charge in [-0.1, -0.05) is 0 Å². The zero-order chi connectivity index (χ0) is 14.3. The summed E-state index contributed by atoms with van der Waals surface area (Å²) in [5.41, 5.74) is -0.364. The summed E-state index contributed by atoms with van der Waals surface area (Å²) in [4.78, 5) is 11.3. The number of aromatic carboxylic acids is 1. The molecule has 7 nitrogen and oxygen atoms in total. The molecular formula is C12H13BO7-2. The first-order chi connectivity index (χ1) is 9.46. The van der Waals surface area contributed by atoms with Gasteiger partial charge in [0.25, 0.3) is 0 Å². The Labute approximate surface area is 114 Å². The number of carbonyl (C=O) groups excluding carboxylic acids is 1. The Morgan fingerprint density at radius 3 is 2.85 bits per heavy atom. The topological polar surface area (TPSA) is 108 Å². The summed E-state index contributed by atoms with van der Waals surface area (Å²) in [6, 6.07) is 2.92. The minimum Gasteiger partial charge on any atom is -0.665 e. The predicted molar refractivity (Wildman–Crippen MR) is 65.3 cm³/mol. The largest absolute Gasteiger partial charge is 0.665 e. The van der Waals surface area contributed by atoms with Crippen molar-refractivity contribution in [3.05, 3.63) is 17.7 Å². The molecule has 108 valence electrons. The summed E-state index contributed by atoms with van der Waals surface area (Å²) in [5, 5.41) is 30.2. The van der Waals surface area contributed by atoms with Crippen molar-refractivity contribution in [2.75, 3.05) is 13.1 Å². The molecular weight excluding hydrogens is 267 g/mol. The molecule has 2 aliphatic rings. The van der Waals surface area contributed by atoms with E-state index in [2.05, 4.69) is 0 Å². The number of hydrogen-bond donors (Lipinski definition) is 2. The minimum atomic E-state index is -3.24. The molecule has 1 aromatic rings. The molecule has 1 fully saturated rings. The zero-order valence-corrected chi connectivity index (χ0v) is 10.6. The molecule has 0 spiro atoms. The van der Waals surface area contributed by atoms with Crippen molar-refractivity contribution >= 4 is 12.7 Å². The van der Waals surface area contributed by atoms with Crippen LogP contribution in [-0.4, -0.2) is 35.9 Å². The Morgan fingerprint density at radius 1 is 1.45 bits per heavy atom. The van der Waals surface area contributed by atoms with Crippen LogP contribution in [-0.2, 0) is 0 Å². The van der Waals surface area contributed by atoms with Crippen LogP contribution in [0.2, 0.25) is 0 Å². The third kappa shape index (κ3) is 2.52. The van der Waals surface area contributed by atoms with Crippen molar-refractivity contribution in [3.63, 3.8) is 0 Å². The van der Waals surface area contributed by atoms with Crippen LogP contribution in [0.25, 0.3) is 0 Å². The lowest BCUT2D eigenvalue weighted by Crippen LogP contribution is -2.51. The van der Waals surface area contributed by atoms with Crippen LogP contribution in [0.4, 0.5) is 0 Å². The highest BCUT2D eigenvalue weighted by molar-refractivity contribution is 6.58. The molecule has 2 N–H and O–H groups in total. The van der Waals surface area contributed by atoms with Crippen LogP contribution >= 0.6 is 0 Å². The van der Waals surface area contributed by atoms with Gasteiger partial charge in [-0.25, -0.2) is 0 Å². The van der Waals surface area contributed by atoms with Gasteiger partial charge < -0.3 is 34.1 Å². The summed E-state index contributed by atoms with van der Waals surface area (Å²) >= 11 is 0. The van der Waals surface area contributed by atoms with Gasteiger partial charge in [0.2, 0.25) is 0 Å². The van der Waals surface area contributed by atoms with Gasteiger partial charge in [0.15, 0.2) is 5.75 Å². The molecule has 0 bridgehead atoms. The van der Waals surface area contributed by atoms with Crippen molar-refractivity contribution in [2.24, 2.45) is 5.92 Å². The van der Waals surface area contributed by atoms with Gasteiger partial charge in [0.05, 0.1) is 24.6 Å². The average molecular weight is 280 g/mol. The molecule has 0 unspecified atom stereocenters. The highest BCUT2D eigenvalue weighted by Crippen LogP contribution is 2.41. The Kier molecular flexibility index (Phi) is 2.99. The van der Waals surface area contributed by atoms with Crippen LogP contribution in [0.1, 0.15) is 23.2 Å². The number of fused-ring (bicyclic) bond motifs is 1. The second-order valence-corrected chi connectivity index (χ2v) is 5.09. The molecule has 0 atom stereocenters. The van der Waals surface area contributed by atoms with Crippen molar-refractivity contribution < 1.29 is 34.1 Å². The maximum atomic E-state index is 11.3. The molecule has 8 heteroatoms. The van der Waals surface area contributed by atoms with Crippen LogP contribution in [0, 0.1) is 5.92 Å². The third-order valence-corrected chi connectivity index (χ3v) is 3.22. The maximum Gasteiger partial charge on any atom is 0.467 e. The fraction of sp³-hybridized carbons (Fsp3) is 0.417. The van der Waals surface area contributed by atoms with Gasteiger partial charge in [-0.2, -0.15) is 0 Å². The van der Waals surface area contributed by atoms with Crippen molar-refractivity contribution in [1.82, 2.24) is 0 Å². The number of benzene rings is 1. The normalized spacial score (nSPS) is 19.5. The van der Waals surface area contributed by atoms with E-state index in [1.807, 2.05) is 0 Å². The van der Waals surface area contributed by atoms with Crippen LogP contribution in [0.15, 0.2) is 12.1 Å². The Balaban J connectivity index is 1.96. The summed E-state index contributed by atoms with van der Waals surface area (Å²) in [6.07, 6.45) is 2.12. The van der Waals surface area contributed by atoms with E-state index in [0.29, 0.717) is 12.5 Å². The smallest absolute Gasteiger partial charge is 0.467 e. The number of carboxylic acid groups (broad SMARTS) is 1. The summed E-state index contributed by atoms with van der Waals surface area (Å²) in [7, 11) is 0. The van der Waals surface area contributed by atoms with Gasteiger partial charge in [0.1, 0.15) is 11.5 Å². The van der Waals surface area contributed by atoms with Gasteiger partial charge in [-0.3, -0.25) is 0 Å². The first kappa shape index (κ1) is 13.1. The van der Waals surface area contributed by atoms with E-state index in [1.54, 1.807) is 0 Å². The second-order valence-electron chi connectivity index (χ2n) is 5.09. The third-order valence-electron chi connectivity index (χ3n) is 3.22. The Morgan fingerprint density at radius 2 is 2.20 bits per heavy atom. The molecule has 1 aliphatic heterocycles. The second kappa shape index (κ2) is 4.57. The van der Waals surface area contributed by atoms with Crippen molar-refractivity contribution in [1.29, 1.82) is 0 Å². The summed E-state index contributed by atoms with van der Waals surface area (Å²) < 4.78 is 15.4. The van der Waals surface area contributed by atoms with E-state index < -0.39 is 19.2 Å². The molecule has 1 aromatic carbocycles. The first-order valence-electron chi connectivity index (χ1n) is 6.39. The highest BCUT2D eigenvalue weighted by atomic mass is 16.7. The quantitative estimate of drug-likeness (QED) is 0.686. The minimum absolute atomic E-state index is 0.0766. The molecule has 20 heavy (non-hydrogen) atoms. The lowest BCUT2D eigenvalue weighted by molar-refractivity contribution is -0.255. The average Bonchev–Trinajstić information content (AvgIpc) is 3.17. The standard InChI is InChI=1S/C12H14BO7/c14-12(15)10-8(18-5-7-1-2-7)3-4-9-11(10)20-13(16,17)6-19-9/h3-4,7,16-17H,1-2,5-6H2,(H,14,15)/q-1/p-1. The fourth-order valence-corrected chi connectivity index (χ4v) is 2.00. The van der Waals surface area contributed by atoms with E-state index in [-0.39, 0.29) is 22.8 Å². The lowest BCUT2D eigenvalue weighted by Gasteiger charge is -2.37. The summed E-state index contributed by atoms with van der Waals surface area (Å²) in [5.74, 6) is -1.16. The number of rotatable bonds is 4. The predicted octanol–water partition coefficient (Wildman–Crippen LogP) is -0.927. The Hall–Kier alpha value is -1.93. The molecule has 1 saturated carbocycles. The van der Waals surface area contributed by atoms with Crippen molar-refractivity contribution in [3.8, 4) is 17.2 Å². The van der Waals surface area contributed by atoms with E-state index in [1.165, 1.54) is 12.1 Å². The molecule has 0 amide bonds. The van der Waals surface area contributed by atoms with E-state index in [9.17, 15) is 19.9 Å². The van der Waals surface area contributed by atoms with Crippen molar-refractivity contribution in [2.45, 2.75) is 12.8 Å². The van der Waals surface area contributed by atoms with Gasteiger partial charge in [0, 0.05) is 0 Å². The number of hydrogen-bond acceptors (Lipinski definition) is 7. The molecule has 1 aliphatic carbocycles. The van der Waals surface area contributed by atoms with E-state index >= 15 is 0 Å². The Bertz CT molecular complexity index is 553. The van der Waals surface area contributed by atoms with Crippen LogP contribution in [0.3, 0.4) is 0 Å². The fourth-order valence-electron chi connectivity index (χ4n) is 2.00. The lowest BCUT2D eigenvalue weighted by atomic mass is 9.80. The molecule has 3 rings (SSSR count).